The van der Waals surface area contributed by atoms with E-state index in [1.54, 1.807) is 0 Å². The van der Waals surface area contributed by atoms with Gasteiger partial charge in [0.05, 0.1) is 24.6 Å². The maximum absolute atomic E-state index is 13.7. The molecule has 4 aromatic rings. The molecule has 0 unspecified atom stereocenters. The van der Waals surface area contributed by atoms with Crippen LogP contribution in [0.3, 0.4) is 0 Å². The summed E-state index contributed by atoms with van der Waals surface area (Å²) in [4.78, 5) is 13.7. The highest BCUT2D eigenvalue weighted by Gasteiger charge is 2.40. The van der Waals surface area contributed by atoms with Crippen LogP contribution in [0.1, 0.15) is 42.2 Å². The number of carbonyl (C=O) groups is 1. The van der Waals surface area contributed by atoms with Gasteiger partial charge in [-0.15, -0.1) is 0 Å². The maximum Gasteiger partial charge on any atom is 0.169 e. The zero-order valence-corrected chi connectivity index (χ0v) is 19.0. The first kappa shape index (κ1) is 20.5. The van der Waals surface area contributed by atoms with Crippen LogP contribution in [-0.4, -0.2) is 12.4 Å². The summed E-state index contributed by atoms with van der Waals surface area (Å²) >= 11 is 0. The molecule has 4 heteroatoms. The van der Waals surface area contributed by atoms with Gasteiger partial charge in [0.25, 0.3) is 0 Å². The van der Waals surface area contributed by atoms with Gasteiger partial charge in [-0.3, -0.25) is 4.79 Å². The molecule has 0 saturated carbocycles. The minimum Gasteiger partial charge on any atom is -0.494 e. The van der Waals surface area contributed by atoms with E-state index >= 15 is 0 Å². The van der Waals surface area contributed by atoms with E-state index in [4.69, 9.17) is 9.47 Å². The molecule has 0 aromatic heterocycles. The van der Waals surface area contributed by atoms with Crippen molar-refractivity contribution >= 4 is 28.0 Å². The molecule has 0 spiro atoms. The van der Waals surface area contributed by atoms with Crippen LogP contribution < -0.4 is 10.1 Å². The van der Waals surface area contributed by atoms with Crippen molar-refractivity contribution in [2.45, 2.75) is 25.5 Å². The van der Waals surface area contributed by atoms with Gasteiger partial charge >= 0.3 is 0 Å². The lowest BCUT2D eigenvalue weighted by Gasteiger charge is -2.37. The van der Waals surface area contributed by atoms with Crippen molar-refractivity contribution < 1.29 is 14.3 Å². The lowest BCUT2D eigenvalue weighted by Crippen LogP contribution is -2.30. The number of carbonyl (C=O) groups excluding carboxylic acids is 1. The van der Waals surface area contributed by atoms with Crippen LogP contribution in [0.2, 0.25) is 0 Å². The fourth-order valence-corrected chi connectivity index (χ4v) is 5.03. The van der Waals surface area contributed by atoms with E-state index in [2.05, 4.69) is 29.6 Å². The smallest absolute Gasteiger partial charge is 0.169 e. The van der Waals surface area contributed by atoms with Gasteiger partial charge < -0.3 is 14.8 Å². The second-order valence-corrected chi connectivity index (χ2v) is 8.68. The summed E-state index contributed by atoms with van der Waals surface area (Å²) in [5, 5.41) is 5.84. The molecular weight excluding hydrogens is 422 g/mol. The number of ketones is 1. The van der Waals surface area contributed by atoms with Crippen LogP contribution in [0.5, 0.6) is 5.75 Å². The van der Waals surface area contributed by atoms with E-state index in [0.29, 0.717) is 24.4 Å². The number of fused-ring (bicyclic) bond motifs is 4. The number of benzene rings is 4. The van der Waals surface area contributed by atoms with E-state index in [1.807, 2.05) is 73.7 Å². The Morgan fingerprint density at radius 1 is 0.882 bits per heavy atom. The minimum absolute atomic E-state index is 0.111. The summed E-state index contributed by atoms with van der Waals surface area (Å²) in [7, 11) is 0. The Kier molecular flexibility index (Phi) is 5.06. The Morgan fingerprint density at radius 3 is 2.44 bits per heavy atom. The van der Waals surface area contributed by atoms with Crippen LogP contribution in [0.25, 0.3) is 16.5 Å². The van der Waals surface area contributed by atoms with Gasteiger partial charge in [-0.1, -0.05) is 72.8 Å². The van der Waals surface area contributed by atoms with E-state index < -0.39 is 0 Å². The van der Waals surface area contributed by atoms with E-state index in [1.165, 1.54) is 0 Å². The third-order valence-corrected chi connectivity index (χ3v) is 6.62. The van der Waals surface area contributed by atoms with Crippen molar-refractivity contribution in [3.63, 3.8) is 0 Å². The van der Waals surface area contributed by atoms with E-state index in [-0.39, 0.29) is 17.9 Å². The lowest BCUT2D eigenvalue weighted by molar-refractivity contribution is -0.119. The number of hydrogen-bond acceptors (Lipinski definition) is 4. The molecule has 0 amide bonds. The fraction of sp³-hybridized carbons (Fsp3) is 0.167. The summed E-state index contributed by atoms with van der Waals surface area (Å²) in [5.41, 5.74) is 4.65. The van der Waals surface area contributed by atoms with Crippen LogP contribution in [0, 0.1) is 0 Å². The van der Waals surface area contributed by atoms with Gasteiger partial charge in [0, 0.05) is 11.3 Å². The zero-order valence-electron chi connectivity index (χ0n) is 19.0. The van der Waals surface area contributed by atoms with Crippen LogP contribution in [0.15, 0.2) is 96.6 Å². The monoisotopic (exact) mass is 447 g/mol. The van der Waals surface area contributed by atoms with Crippen molar-refractivity contribution in [1.82, 2.24) is 0 Å². The third kappa shape index (κ3) is 3.43. The van der Waals surface area contributed by atoms with E-state index in [0.717, 1.165) is 38.9 Å². The summed E-state index contributed by atoms with van der Waals surface area (Å²) in [6, 6.07) is 30.1. The number of hydrogen-bond donors (Lipinski definition) is 1. The molecule has 0 saturated heterocycles. The number of ether oxygens (including phenoxy) is 2. The molecule has 1 N–H and O–H groups in total. The molecule has 168 valence electrons. The third-order valence-electron chi connectivity index (χ3n) is 6.62. The molecule has 2 aliphatic rings. The van der Waals surface area contributed by atoms with Gasteiger partial charge in [-0.25, -0.2) is 0 Å². The molecule has 0 aliphatic carbocycles. The molecule has 34 heavy (non-hydrogen) atoms. The van der Waals surface area contributed by atoms with Gasteiger partial charge in [0.15, 0.2) is 5.78 Å². The van der Waals surface area contributed by atoms with Crippen molar-refractivity contribution in [3.8, 4) is 5.75 Å². The average Bonchev–Trinajstić information content (AvgIpc) is 2.89. The molecule has 4 nitrogen and oxygen atoms in total. The molecule has 2 heterocycles. The molecular formula is C30H25NO3. The Labute approximate surface area is 198 Å². The second kappa shape index (κ2) is 8.38. The highest BCUT2D eigenvalue weighted by Crippen LogP contribution is 2.49. The second-order valence-electron chi connectivity index (χ2n) is 8.68. The Hall–Kier alpha value is -4.05. The average molecular weight is 448 g/mol. The molecule has 4 aromatic carbocycles. The Bertz CT molecular complexity index is 1410. The van der Waals surface area contributed by atoms with Gasteiger partial charge in [0.1, 0.15) is 17.6 Å². The normalized spacial score (nSPS) is 19.1. The summed E-state index contributed by atoms with van der Waals surface area (Å²) < 4.78 is 12.3. The van der Waals surface area contributed by atoms with Crippen molar-refractivity contribution in [3.05, 3.63) is 113 Å². The largest absolute Gasteiger partial charge is 0.494 e. The van der Waals surface area contributed by atoms with Gasteiger partial charge in [0.2, 0.25) is 0 Å². The zero-order chi connectivity index (χ0) is 23.1. The predicted octanol–water partition coefficient (Wildman–Crippen LogP) is 6.85. The first-order chi connectivity index (χ1) is 16.7. The maximum atomic E-state index is 13.7. The first-order valence-electron chi connectivity index (χ1n) is 11.7. The lowest BCUT2D eigenvalue weighted by atomic mass is 9.83. The summed E-state index contributed by atoms with van der Waals surface area (Å²) in [6.45, 7) is 2.58. The van der Waals surface area contributed by atoms with Crippen LogP contribution in [-0.2, 0) is 9.53 Å². The number of nitrogens with one attached hydrogen (secondary N) is 1. The topological polar surface area (TPSA) is 47.6 Å². The first-order valence-corrected chi connectivity index (χ1v) is 11.7. The molecule has 0 radical (unpaired) electrons. The Balaban J connectivity index is 1.53. The van der Waals surface area contributed by atoms with Crippen molar-refractivity contribution in [1.29, 1.82) is 0 Å². The van der Waals surface area contributed by atoms with Gasteiger partial charge in [-0.05, 0) is 47.0 Å². The SMILES string of the molecule is CCOc1ccc([C@@H]2Nc3ccc4ccccc4c3C3=C2C(=O)C[C@H](c2ccccc2)O3)cc1. The predicted molar refractivity (Wildman–Crippen MR) is 135 cm³/mol. The quantitative estimate of drug-likeness (QED) is 0.372. The summed E-state index contributed by atoms with van der Waals surface area (Å²) in [6.07, 6.45) is 0.0105. The summed E-state index contributed by atoms with van der Waals surface area (Å²) in [5.74, 6) is 1.62. The van der Waals surface area contributed by atoms with Crippen LogP contribution >= 0.6 is 0 Å². The molecule has 6 rings (SSSR count). The van der Waals surface area contributed by atoms with Gasteiger partial charge in [-0.2, -0.15) is 0 Å². The minimum atomic E-state index is -0.307. The molecule has 2 aliphatic heterocycles. The van der Waals surface area contributed by atoms with E-state index in [9.17, 15) is 4.79 Å². The number of Topliss-reactive ketones (excluding diaryl/α,β-unsaturated/α-hetero) is 1. The molecule has 0 fully saturated rings. The Morgan fingerprint density at radius 2 is 1.65 bits per heavy atom. The highest BCUT2D eigenvalue weighted by atomic mass is 16.5. The molecule has 0 bridgehead atoms. The fourth-order valence-electron chi connectivity index (χ4n) is 5.03. The molecule has 2 atom stereocenters. The van der Waals surface area contributed by atoms with Crippen LogP contribution in [0.4, 0.5) is 5.69 Å². The standard InChI is InChI=1S/C30H25NO3/c1-2-33-22-15-12-21(13-16-22)29-28-25(32)18-26(20-9-4-3-5-10-20)34-30(28)27-23-11-7-6-8-19(23)14-17-24(27)31-29/h3-17,26,29,31H,2,18H2,1H3/t26-,29+/m1/s1. The van der Waals surface area contributed by atoms with Crippen molar-refractivity contribution in [2.24, 2.45) is 0 Å². The highest BCUT2D eigenvalue weighted by molar-refractivity contribution is 6.11. The number of rotatable bonds is 4. The number of anilines is 1. The van der Waals surface area contributed by atoms with Crippen molar-refractivity contribution in [2.75, 3.05) is 11.9 Å².